The van der Waals surface area contributed by atoms with E-state index in [4.69, 9.17) is 10.8 Å². The fraction of sp³-hybridized carbons (Fsp3) is 0.929. The molecule has 0 spiro atoms. The zero-order chi connectivity index (χ0) is 14.2. The van der Waals surface area contributed by atoms with Gasteiger partial charge in [0.05, 0.1) is 0 Å². The summed E-state index contributed by atoms with van der Waals surface area (Å²) >= 11 is 0. The highest BCUT2D eigenvalue weighted by Crippen LogP contribution is 2.32. The molecule has 0 bridgehead atoms. The van der Waals surface area contributed by atoms with Crippen molar-refractivity contribution >= 4 is 5.91 Å². The third-order valence-electron chi connectivity index (χ3n) is 3.52. The Labute approximate surface area is 112 Å². The molecule has 108 valence electrons. The van der Waals surface area contributed by atoms with Gasteiger partial charge in [0, 0.05) is 26.6 Å². The van der Waals surface area contributed by atoms with Crippen LogP contribution < -0.4 is 5.73 Å². The number of carbonyl (C=O) groups excluding carboxylic acids is 1. The van der Waals surface area contributed by atoms with Gasteiger partial charge in [0.2, 0.25) is 5.91 Å². The van der Waals surface area contributed by atoms with E-state index in [0.29, 0.717) is 31.8 Å². The maximum absolute atomic E-state index is 11.9. The topological polar surface area (TPSA) is 66.6 Å². The molecule has 0 aromatic heterocycles. The van der Waals surface area contributed by atoms with Gasteiger partial charge in [0.15, 0.2) is 0 Å². The molecule has 0 aliphatic heterocycles. The minimum absolute atomic E-state index is 0.134. The Morgan fingerprint density at radius 2 is 1.94 bits per heavy atom. The van der Waals surface area contributed by atoms with Crippen molar-refractivity contribution in [2.24, 2.45) is 17.1 Å². The first kappa shape index (κ1) is 17.4. The molecule has 0 radical (unpaired) electrons. The van der Waals surface area contributed by atoms with Gasteiger partial charge in [-0.15, -0.1) is 0 Å². The first-order chi connectivity index (χ1) is 8.32. The molecular formula is C14H30N2O2. The predicted octanol–water partition coefficient (Wildman–Crippen LogP) is 1.62. The van der Waals surface area contributed by atoms with E-state index in [1.807, 2.05) is 0 Å². The maximum atomic E-state index is 11.9. The fourth-order valence-corrected chi connectivity index (χ4v) is 2.13. The molecule has 0 aromatic rings. The SMILES string of the molecule is CN(CCCO)C(=O)CCC(CCN)C(C)(C)C. The Morgan fingerprint density at radius 3 is 2.39 bits per heavy atom. The quantitative estimate of drug-likeness (QED) is 0.695. The number of hydrogen-bond acceptors (Lipinski definition) is 3. The fourth-order valence-electron chi connectivity index (χ4n) is 2.13. The molecule has 0 fully saturated rings. The molecule has 0 rings (SSSR count). The number of carbonyl (C=O) groups is 1. The van der Waals surface area contributed by atoms with E-state index >= 15 is 0 Å². The Balaban J connectivity index is 4.14. The first-order valence-corrected chi connectivity index (χ1v) is 6.87. The van der Waals surface area contributed by atoms with Crippen LogP contribution in [0.4, 0.5) is 0 Å². The highest BCUT2D eigenvalue weighted by atomic mass is 16.3. The third-order valence-corrected chi connectivity index (χ3v) is 3.52. The zero-order valence-corrected chi connectivity index (χ0v) is 12.4. The average Bonchev–Trinajstić information content (AvgIpc) is 2.29. The molecule has 18 heavy (non-hydrogen) atoms. The smallest absolute Gasteiger partial charge is 0.222 e. The summed E-state index contributed by atoms with van der Waals surface area (Å²) in [7, 11) is 1.80. The highest BCUT2D eigenvalue weighted by Gasteiger charge is 2.24. The predicted molar refractivity (Wildman–Crippen MR) is 75.2 cm³/mol. The van der Waals surface area contributed by atoms with Crippen LogP contribution in [0, 0.1) is 11.3 Å². The van der Waals surface area contributed by atoms with E-state index < -0.39 is 0 Å². The molecule has 1 atom stereocenters. The van der Waals surface area contributed by atoms with Gasteiger partial charge in [0.25, 0.3) is 0 Å². The van der Waals surface area contributed by atoms with Crippen molar-refractivity contribution in [3.8, 4) is 0 Å². The van der Waals surface area contributed by atoms with Gasteiger partial charge in [-0.2, -0.15) is 0 Å². The number of nitrogens with zero attached hydrogens (tertiary/aromatic N) is 1. The van der Waals surface area contributed by atoms with Crippen LogP contribution in [0.5, 0.6) is 0 Å². The summed E-state index contributed by atoms with van der Waals surface area (Å²) in [6.45, 7) is 8.05. The Hall–Kier alpha value is -0.610. The highest BCUT2D eigenvalue weighted by molar-refractivity contribution is 5.75. The molecule has 1 amide bonds. The van der Waals surface area contributed by atoms with Gasteiger partial charge < -0.3 is 15.7 Å². The normalized spacial score (nSPS) is 13.4. The van der Waals surface area contributed by atoms with Crippen molar-refractivity contribution in [1.29, 1.82) is 0 Å². The third kappa shape index (κ3) is 6.97. The van der Waals surface area contributed by atoms with Crippen molar-refractivity contribution in [1.82, 2.24) is 4.90 Å². The Kier molecular flexibility index (Phi) is 8.20. The number of aliphatic hydroxyl groups excluding tert-OH is 1. The van der Waals surface area contributed by atoms with E-state index in [0.717, 1.165) is 12.8 Å². The Morgan fingerprint density at radius 1 is 1.33 bits per heavy atom. The van der Waals surface area contributed by atoms with Crippen molar-refractivity contribution in [3.63, 3.8) is 0 Å². The summed E-state index contributed by atoms with van der Waals surface area (Å²) in [6, 6.07) is 0. The minimum atomic E-state index is 0.134. The minimum Gasteiger partial charge on any atom is -0.396 e. The summed E-state index contributed by atoms with van der Waals surface area (Å²) in [5.74, 6) is 0.646. The lowest BCUT2D eigenvalue weighted by molar-refractivity contribution is -0.130. The van der Waals surface area contributed by atoms with E-state index in [-0.39, 0.29) is 17.9 Å². The van der Waals surface area contributed by atoms with Gasteiger partial charge in [-0.05, 0) is 37.1 Å². The van der Waals surface area contributed by atoms with Gasteiger partial charge in [-0.1, -0.05) is 20.8 Å². The number of nitrogens with two attached hydrogens (primary N) is 1. The summed E-state index contributed by atoms with van der Waals surface area (Å²) in [5.41, 5.74) is 5.83. The first-order valence-electron chi connectivity index (χ1n) is 6.87. The maximum Gasteiger partial charge on any atom is 0.222 e. The lowest BCUT2D eigenvalue weighted by atomic mass is 9.76. The molecule has 0 saturated carbocycles. The summed E-state index contributed by atoms with van der Waals surface area (Å²) in [6.07, 6.45) is 3.08. The molecule has 0 aliphatic rings. The second-order valence-corrected chi connectivity index (χ2v) is 6.07. The second kappa shape index (κ2) is 8.48. The molecule has 4 heteroatoms. The summed E-state index contributed by atoms with van der Waals surface area (Å²) < 4.78 is 0. The Bertz CT molecular complexity index is 236. The lowest BCUT2D eigenvalue weighted by Crippen LogP contribution is -2.30. The lowest BCUT2D eigenvalue weighted by Gasteiger charge is -2.31. The molecule has 1 unspecified atom stereocenters. The number of amides is 1. The number of hydrogen-bond donors (Lipinski definition) is 2. The monoisotopic (exact) mass is 258 g/mol. The average molecular weight is 258 g/mol. The van der Waals surface area contributed by atoms with Crippen molar-refractivity contribution in [2.75, 3.05) is 26.7 Å². The molecule has 0 heterocycles. The second-order valence-electron chi connectivity index (χ2n) is 6.07. The van der Waals surface area contributed by atoms with E-state index in [9.17, 15) is 4.79 Å². The number of rotatable bonds is 8. The standard InChI is InChI=1S/C14H30N2O2/c1-14(2,3)12(8-9-15)6-7-13(18)16(4)10-5-11-17/h12,17H,5-11,15H2,1-4H3. The van der Waals surface area contributed by atoms with Crippen LogP contribution in [0.1, 0.15) is 46.5 Å². The molecular weight excluding hydrogens is 228 g/mol. The molecule has 3 N–H and O–H groups in total. The number of aliphatic hydroxyl groups is 1. The van der Waals surface area contributed by atoms with Crippen LogP contribution in [0.25, 0.3) is 0 Å². The summed E-state index contributed by atoms with van der Waals surface area (Å²) in [5, 5.41) is 8.74. The van der Waals surface area contributed by atoms with E-state index in [1.165, 1.54) is 0 Å². The zero-order valence-electron chi connectivity index (χ0n) is 12.4. The van der Waals surface area contributed by atoms with Gasteiger partial charge >= 0.3 is 0 Å². The summed E-state index contributed by atoms with van der Waals surface area (Å²) in [4.78, 5) is 13.6. The van der Waals surface area contributed by atoms with Crippen LogP contribution in [0.15, 0.2) is 0 Å². The van der Waals surface area contributed by atoms with Crippen LogP contribution in [-0.4, -0.2) is 42.7 Å². The molecule has 0 aliphatic carbocycles. The van der Waals surface area contributed by atoms with Crippen LogP contribution in [-0.2, 0) is 4.79 Å². The van der Waals surface area contributed by atoms with Gasteiger partial charge in [0.1, 0.15) is 0 Å². The van der Waals surface area contributed by atoms with E-state index in [1.54, 1.807) is 11.9 Å². The van der Waals surface area contributed by atoms with Crippen LogP contribution in [0.3, 0.4) is 0 Å². The van der Waals surface area contributed by atoms with Crippen LogP contribution >= 0.6 is 0 Å². The van der Waals surface area contributed by atoms with Crippen molar-refractivity contribution < 1.29 is 9.90 Å². The van der Waals surface area contributed by atoms with Crippen molar-refractivity contribution in [2.45, 2.75) is 46.5 Å². The molecule has 0 saturated heterocycles. The van der Waals surface area contributed by atoms with Crippen LogP contribution in [0.2, 0.25) is 0 Å². The van der Waals surface area contributed by atoms with Crippen molar-refractivity contribution in [3.05, 3.63) is 0 Å². The molecule has 4 nitrogen and oxygen atoms in total. The van der Waals surface area contributed by atoms with Gasteiger partial charge in [-0.3, -0.25) is 4.79 Å². The largest absolute Gasteiger partial charge is 0.396 e. The van der Waals surface area contributed by atoms with Gasteiger partial charge in [-0.25, -0.2) is 0 Å². The molecule has 0 aromatic carbocycles. The van der Waals surface area contributed by atoms with E-state index in [2.05, 4.69) is 20.8 Å².